The number of nitrogens with zero attached hydrogens (tertiary/aromatic N) is 2. The molecule has 2 aromatic heterocycles. The Morgan fingerprint density at radius 1 is 1.22 bits per heavy atom. The van der Waals surface area contributed by atoms with E-state index in [4.69, 9.17) is 26.5 Å². The lowest BCUT2D eigenvalue weighted by molar-refractivity contribution is -0.143. The number of amidine groups is 1. The second kappa shape index (κ2) is 9.54. The molecule has 32 heavy (non-hydrogen) atoms. The largest absolute Gasteiger partial charge is 0.481 e. The Kier molecular flexibility index (Phi) is 6.57. The summed E-state index contributed by atoms with van der Waals surface area (Å²) in [6.45, 7) is 1.35. The summed E-state index contributed by atoms with van der Waals surface area (Å²) >= 11 is 7.07. The summed E-state index contributed by atoms with van der Waals surface area (Å²) in [6.07, 6.45) is 2.59. The van der Waals surface area contributed by atoms with Gasteiger partial charge in [0.25, 0.3) is 5.91 Å². The molecule has 3 heterocycles. The van der Waals surface area contributed by atoms with Crippen LogP contribution in [-0.4, -0.2) is 45.8 Å². The fourth-order valence-electron chi connectivity index (χ4n) is 3.52. The van der Waals surface area contributed by atoms with Gasteiger partial charge in [-0.3, -0.25) is 15.0 Å². The van der Waals surface area contributed by atoms with E-state index in [9.17, 15) is 9.59 Å². The van der Waals surface area contributed by atoms with Gasteiger partial charge in [0.15, 0.2) is 0 Å². The fraction of sp³-hybridized carbons (Fsp3) is 0.273. The first-order valence-electron chi connectivity index (χ1n) is 10.1. The Balaban J connectivity index is 1.34. The summed E-state index contributed by atoms with van der Waals surface area (Å²) in [5.74, 6) is -0.504. The molecular weight excluding hydrogens is 452 g/mol. The summed E-state index contributed by atoms with van der Waals surface area (Å²) < 4.78 is 6.10. The molecule has 0 radical (unpaired) electrons. The fourth-order valence-corrected chi connectivity index (χ4v) is 4.48. The van der Waals surface area contributed by atoms with E-state index >= 15 is 0 Å². The maximum absolute atomic E-state index is 12.1. The van der Waals surface area contributed by atoms with Crippen molar-refractivity contribution in [1.29, 1.82) is 5.41 Å². The van der Waals surface area contributed by atoms with E-state index in [0.717, 1.165) is 11.1 Å². The van der Waals surface area contributed by atoms with Crippen molar-refractivity contribution in [2.75, 3.05) is 13.1 Å². The Morgan fingerprint density at radius 2 is 1.94 bits per heavy atom. The third-order valence-corrected chi connectivity index (χ3v) is 6.57. The number of halogens is 1. The predicted molar refractivity (Wildman–Crippen MR) is 121 cm³/mol. The Morgan fingerprint density at radius 3 is 2.56 bits per heavy atom. The molecule has 8 nitrogen and oxygen atoms in total. The number of benzene rings is 1. The van der Waals surface area contributed by atoms with Crippen LogP contribution in [0, 0.1) is 11.3 Å². The minimum Gasteiger partial charge on any atom is -0.481 e. The third kappa shape index (κ3) is 5.00. The first-order chi connectivity index (χ1) is 15.4. The third-order valence-electron chi connectivity index (χ3n) is 5.34. The van der Waals surface area contributed by atoms with Gasteiger partial charge in [0.1, 0.15) is 12.1 Å². The number of likely N-dealkylation sites (tertiary alicyclic amines) is 1. The normalized spacial score (nSPS) is 14.3. The molecule has 0 unspecified atom stereocenters. The molecular formula is C22H21ClN4O4S. The smallest absolute Gasteiger partial charge is 0.306 e. The van der Waals surface area contributed by atoms with Crippen LogP contribution in [0.1, 0.15) is 33.8 Å². The number of hydrogen-bond donors (Lipinski definition) is 3. The van der Waals surface area contributed by atoms with Crippen LogP contribution >= 0.6 is 22.9 Å². The summed E-state index contributed by atoms with van der Waals surface area (Å²) in [6, 6.07) is 10.7. The Labute approximate surface area is 193 Å². The van der Waals surface area contributed by atoms with E-state index in [1.807, 2.05) is 29.2 Å². The number of piperidine rings is 1. The minimum absolute atomic E-state index is 0.221. The van der Waals surface area contributed by atoms with Crippen LogP contribution in [-0.2, 0) is 11.3 Å². The maximum atomic E-state index is 12.1. The number of aliphatic carboxylic acids is 1. The van der Waals surface area contributed by atoms with E-state index in [2.05, 4.69) is 10.3 Å². The zero-order chi connectivity index (χ0) is 22.7. The number of rotatable bonds is 6. The number of aromatic nitrogens is 1. The molecule has 1 aliphatic heterocycles. The van der Waals surface area contributed by atoms with Gasteiger partial charge in [-0.05, 0) is 37.1 Å². The number of nitrogens with one attached hydrogen (secondary N) is 2. The summed E-state index contributed by atoms with van der Waals surface area (Å²) in [5.41, 5.74) is 2.10. The Bertz CT molecular complexity index is 1130. The van der Waals surface area contributed by atoms with Gasteiger partial charge in [0, 0.05) is 24.2 Å². The lowest BCUT2D eigenvalue weighted by Gasteiger charge is -2.32. The molecule has 4 rings (SSSR count). The highest BCUT2D eigenvalue weighted by atomic mass is 35.5. The zero-order valence-electron chi connectivity index (χ0n) is 17.0. The van der Waals surface area contributed by atoms with Gasteiger partial charge in [0.2, 0.25) is 5.89 Å². The number of hydrogen-bond acceptors (Lipinski definition) is 6. The van der Waals surface area contributed by atoms with Crippen molar-refractivity contribution >= 4 is 40.6 Å². The van der Waals surface area contributed by atoms with Crippen molar-refractivity contribution in [3.8, 4) is 11.5 Å². The molecule has 1 aliphatic rings. The van der Waals surface area contributed by atoms with Crippen LogP contribution < -0.4 is 5.32 Å². The average Bonchev–Trinajstić information content (AvgIpc) is 3.46. The number of carboxylic acids is 1. The van der Waals surface area contributed by atoms with E-state index in [-0.39, 0.29) is 18.4 Å². The van der Waals surface area contributed by atoms with Crippen molar-refractivity contribution in [3.05, 3.63) is 63.1 Å². The van der Waals surface area contributed by atoms with Gasteiger partial charge < -0.3 is 19.7 Å². The SMILES string of the molecule is N=C(c1ccc(-c2nc(CNC(=O)c3ccc(Cl)s3)co2)cc1)N1CCC(C(=O)O)CC1. The van der Waals surface area contributed by atoms with Gasteiger partial charge in [-0.15, -0.1) is 11.3 Å². The number of carbonyl (C=O) groups excluding carboxylic acids is 1. The van der Waals surface area contributed by atoms with Crippen molar-refractivity contribution in [2.45, 2.75) is 19.4 Å². The molecule has 1 fully saturated rings. The molecule has 3 N–H and O–H groups in total. The molecule has 10 heteroatoms. The summed E-state index contributed by atoms with van der Waals surface area (Å²) in [4.78, 5) is 30.1. The second-order valence-corrected chi connectivity index (χ2v) is 9.17. The number of amides is 1. The minimum atomic E-state index is -0.763. The highest BCUT2D eigenvalue weighted by Crippen LogP contribution is 2.23. The van der Waals surface area contributed by atoms with Crippen LogP contribution in [0.4, 0.5) is 0 Å². The number of thiophene rings is 1. The second-order valence-electron chi connectivity index (χ2n) is 7.46. The molecule has 0 bridgehead atoms. The molecule has 0 atom stereocenters. The first-order valence-corrected chi connectivity index (χ1v) is 11.2. The monoisotopic (exact) mass is 472 g/mol. The first kappa shape index (κ1) is 22.0. The standard InChI is InChI=1S/C22H21ClN4O4S/c23-18-6-5-17(32-18)20(28)25-11-16-12-31-21(26-16)14-3-1-13(2-4-14)19(24)27-9-7-15(8-10-27)22(29)30/h1-6,12,15,24H,7-11H2,(H,25,28)(H,29,30). The molecule has 0 saturated carbocycles. The topological polar surface area (TPSA) is 120 Å². The van der Waals surface area contributed by atoms with Crippen molar-refractivity contribution in [1.82, 2.24) is 15.2 Å². The zero-order valence-corrected chi connectivity index (χ0v) is 18.6. The molecule has 0 aliphatic carbocycles. The number of oxazole rings is 1. The molecule has 0 spiro atoms. The lowest BCUT2D eigenvalue weighted by Crippen LogP contribution is -2.40. The van der Waals surface area contributed by atoms with Crippen LogP contribution in [0.5, 0.6) is 0 Å². The molecule has 1 aromatic carbocycles. The van der Waals surface area contributed by atoms with E-state index in [0.29, 0.717) is 52.6 Å². The van der Waals surface area contributed by atoms with Crippen LogP contribution in [0.25, 0.3) is 11.5 Å². The Hall–Kier alpha value is -3.17. The summed E-state index contributed by atoms with van der Waals surface area (Å²) in [5, 5.41) is 20.3. The lowest BCUT2D eigenvalue weighted by atomic mass is 9.96. The predicted octanol–water partition coefficient (Wildman–Crippen LogP) is 4.11. The van der Waals surface area contributed by atoms with Crippen molar-refractivity contribution < 1.29 is 19.1 Å². The van der Waals surface area contributed by atoms with Gasteiger partial charge in [-0.2, -0.15) is 0 Å². The van der Waals surface area contributed by atoms with Gasteiger partial charge in [0.05, 0.1) is 27.4 Å². The molecule has 1 amide bonds. The maximum Gasteiger partial charge on any atom is 0.306 e. The molecule has 166 valence electrons. The van der Waals surface area contributed by atoms with Gasteiger partial charge in [-0.1, -0.05) is 23.7 Å². The summed E-state index contributed by atoms with van der Waals surface area (Å²) in [7, 11) is 0. The average molecular weight is 473 g/mol. The number of carbonyl (C=O) groups is 2. The van der Waals surface area contributed by atoms with Crippen LogP contribution in [0.2, 0.25) is 4.34 Å². The van der Waals surface area contributed by atoms with E-state index in [1.165, 1.54) is 17.6 Å². The van der Waals surface area contributed by atoms with Crippen molar-refractivity contribution in [3.63, 3.8) is 0 Å². The highest BCUT2D eigenvalue weighted by Gasteiger charge is 2.26. The van der Waals surface area contributed by atoms with Gasteiger partial charge >= 0.3 is 5.97 Å². The quantitative estimate of drug-likeness (QED) is 0.367. The van der Waals surface area contributed by atoms with Crippen molar-refractivity contribution in [2.24, 2.45) is 5.92 Å². The van der Waals surface area contributed by atoms with Gasteiger partial charge in [-0.25, -0.2) is 4.98 Å². The highest BCUT2D eigenvalue weighted by molar-refractivity contribution is 7.17. The van der Waals surface area contributed by atoms with Crippen LogP contribution in [0.15, 0.2) is 47.1 Å². The van der Waals surface area contributed by atoms with Crippen LogP contribution in [0.3, 0.4) is 0 Å². The number of carboxylic acid groups (broad SMARTS) is 1. The van der Waals surface area contributed by atoms with E-state index < -0.39 is 5.97 Å². The molecule has 1 saturated heterocycles. The van der Waals surface area contributed by atoms with E-state index in [1.54, 1.807) is 12.1 Å². The molecule has 3 aromatic rings.